The van der Waals surface area contributed by atoms with Crippen LogP contribution >= 0.6 is 0 Å². The first-order valence-electron chi connectivity index (χ1n) is 11.0. The molecule has 1 saturated heterocycles. The van der Waals surface area contributed by atoms with Gasteiger partial charge in [-0.2, -0.15) is 0 Å². The molecule has 2 rings (SSSR count). The van der Waals surface area contributed by atoms with Crippen molar-refractivity contribution in [3.8, 4) is 0 Å². The molecule has 1 fully saturated rings. The lowest BCUT2D eigenvalue weighted by Crippen LogP contribution is -2.44. The average molecular weight is 447 g/mol. The monoisotopic (exact) mass is 446 g/mol. The summed E-state index contributed by atoms with van der Waals surface area (Å²) < 4.78 is 5.34. The Hall–Kier alpha value is -2.81. The van der Waals surface area contributed by atoms with Crippen molar-refractivity contribution in [1.29, 1.82) is 0 Å². The Morgan fingerprint density at radius 1 is 1.25 bits per heavy atom. The third kappa shape index (κ3) is 8.74. The van der Waals surface area contributed by atoms with E-state index in [1.807, 2.05) is 64.0 Å². The van der Waals surface area contributed by atoms with E-state index in [0.717, 1.165) is 31.0 Å². The molecule has 0 bridgehead atoms. The zero-order chi connectivity index (χ0) is 23.7. The number of aliphatic imine (C=N–C) groups is 1. The van der Waals surface area contributed by atoms with E-state index >= 15 is 0 Å². The highest BCUT2D eigenvalue weighted by molar-refractivity contribution is 5.94. The van der Waals surface area contributed by atoms with Crippen LogP contribution < -0.4 is 16.0 Å². The quantitative estimate of drug-likeness (QED) is 0.435. The van der Waals surface area contributed by atoms with Crippen molar-refractivity contribution in [2.45, 2.75) is 45.4 Å². The van der Waals surface area contributed by atoms with Gasteiger partial charge >= 0.3 is 6.09 Å². The maximum atomic E-state index is 12.4. The normalized spacial score (nSPS) is 16.8. The highest BCUT2D eigenvalue weighted by atomic mass is 16.6. The summed E-state index contributed by atoms with van der Waals surface area (Å²) in [5.74, 6) is 0.688. The molecule has 1 aliphatic heterocycles. The smallest absolute Gasteiger partial charge is 0.407 e. The Kier molecular flexibility index (Phi) is 9.31. The molecule has 32 heavy (non-hydrogen) atoms. The molecule has 0 aliphatic carbocycles. The van der Waals surface area contributed by atoms with Crippen molar-refractivity contribution in [1.82, 2.24) is 25.8 Å². The summed E-state index contributed by atoms with van der Waals surface area (Å²) in [6, 6.07) is 7.58. The Balaban J connectivity index is 1.85. The number of hydrogen-bond acceptors (Lipinski definition) is 5. The molecule has 1 aliphatic rings. The largest absolute Gasteiger partial charge is 0.444 e. The second kappa shape index (κ2) is 11.7. The van der Waals surface area contributed by atoms with Crippen LogP contribution in [0.5, 0.6) is 0 Å². The number of nitrogens with zero attached hydrogens (tertiary/aromatic N) is 3. The number of nitrogens with one attached hydrogen (secondary N) is 3. The number of guanidine groups is 1. The standard InChI is InChI=1S/C23H38N6O3/c1-23(2,3)32-22(31)27-19-10-12-29(16-19)21(24-4)26-15-17-8-7-9-18(14-17)20(30)25-11-13-28(5)6/h7-9,14,19H,10-13,15-16H2,1-6H3,(H,24,26)(H,25,30)(H,27,31). The van der Waals surface area contributed by atoms with E-state index < -0.39 is 11.7 Å². The highest BCUT2D eigenvalue weighted by Gasteiger charge is 2.27. The number of amides is 2. The van der Waals surface area contributed by atoms with Crippen LogP contribution in [0.15, 0.2) is 29.3 Å². The van der Waals surface area contributed by atoms with Crippen LogP contribution in [-0.2, 0) is 11.3 Å². The van der Waals surface area contributed by atoms with Gasteiger partial charge in [-0.3, -0.25) is 9.79 Å². The SMILES string of the molecule is CN=C(NCc1cccc(C(=O)NCCN(C)C)c1)N1CCC(NC(=O)OC(C)(C)C)C1. The summed E-state index contributed by atoms with van der Waals surface area (Å²) in [5, 5.41) is 9.22. The van der Waals surface area contributed by atoms with Crippen LogP contribution in [-0.4, -0.2) is 86.7 Å². The number of carbonyl (C=O) groups is 2. The van der Waals surface area contributed by atoms with Crippen LogP contribution in [0, 0.1) is 0 Å². The number of ether oxygens (including phenoxy) is 1. The van der Waals surface area contributed by atoms with Gasteiger partial charge in [0.1, 0.15) is 5.60 Å². The third-order valence-electron chi connectivity index (χ3n) is 4.90. The zero-order valence-corrected chi connectivity index (χ0v) is 20.2. The average Bonchev–Trinajstić information content (AvgIpc) is 3.15. The van der Waals surface area contributed by atoms with Gasteiger partial charge < -0.3 is 30.5 Å². The minimum absolute atomic E-state index is 0.0117. The van der Waals surface area contributed by atoms with E-state index in [-0.39, 0.29) is 11.9 Å². The zero-order valence-electron chi connectivity index (χ0n) is 20.2. The molecule has 0 spiro atoms. The predicted octanol–water partition coefficient (Wildman–Crippen LogP) is 1.65. The van der Waals surface area contributed by atoms with Gasteiger partial charge in [-0.1, -0.05) is 12.1 Å². The second-order valence-electron chi connectivity index (χ2n) is 9.24. The van der Waals surface area contributed by atoms with Crippen molar-refractivity contribution in [2.75, 3.05) is 47.3 Å². The van der Waals surface area contributed by atoms with E-state index in [1.54, 1.807) is 7.05 Å². The Morgan fingerprint density at radius 2 is 2.00 bits per heavy atom. The molecule has 0 aromatic heterocycles. The fraction of sp³-hybridized carbons (Fsp3) is 0.609. The number of hydrogen-bond donors (Lipinski definition) is 3. The first-order valence-corrected chi connectivity index (χ1v) is 11.0. The maximum absolute atomic E-state index is 12.4. The summed E-state index contributed by atoms with van der Waals surface area (Å²) in [4.78, 5) is 32.9. The van der Waals surface area contributed by atoms with E-state index in [4.69, 9.17) is 4.74 Å². The molecular formula is C23H38N6O3. The Bertz CT molecular complexity index is 803. The molecule has 2 amide bonds. The van der Waals surface area contributed by atoms with Gasteiger partial charge in [-0.05, 0) is 59.0 Å². The summed E-state index contributed by atoms with van der Waals surface area (Å²) >= 11 is 0. The number of benzene rings is 1. The van der Waals surface area contributed by atoms with E-state index in [1.165, 1.54) is 0 Å². The molecular weight excluding hydrogens is 408 g/mol. The summed E-state index contributed by atoms with van der Waals surface area (Å²) in [6.45, 7) is 8.94. The van der Waals surface area contributed by atoms with Crippen molar-refractivity contribution in [2.24, 2.45) is 4.99 Å². The van der Waals surface area contributed by atoms with Gasteiger partial charge in [0, 0.05) is 45.3 Å². The van der Waals surface area contributed by atoms with Gasteiger partial charge in [0.2, 0.25) is 0 Å². The molecule has 1 unspecified atom stereocenters. The molecule has 9 heteroatoms. The molecule has 0 radical (unpaired) electrons. The van der Waals surface area contributed by atoms with Crippen LogP contribution in [0.25, 0.3) is 0 Å². The molecule has 1 aromatic carbocycles. The predicted molar refractivity (Wildman–Crippen MR) is 127 cm³/mol. The van der Waals surface area contributed by atoms with E-state index in [2.05, 4.69) is 25.8 Å². The van der Waals surface area contributed by atoms with E-state index in [0.29, 0.717) is 25.2 Å². The Morgan fingerprint density at radius 3 is 2.66 bits per heavy atom. The lowest BCUT2D eigenvalue weighted by atomic mass is 10.1. The van der Waals surface area contributed by atoms with Crippen molar-refractivity contribution < 1.29 is 14.3 Å². The van der Waals surface area contributed by atoms with Crippen LogP contribution in [0.4, 0.5) is 4.79 Å². The van der Waals surface area contributed by atoms with Crippen molar-refractivity contribution in [3.63, 3.8) is 0 Å². The lowest BCUT2D eigenvalue weighted by molar-refractivity contribution is 0.0507. The molecule has 3 N–H and O–H groups in total. The summed E-state index contributed by atoms with van der Waals surface area (Å²) in [6.07, 6.45) is 0.427. The van der Waals surface area contributed by atoms with Gasteiger partial charge in [-0.25, -0.2) is 4.79 Å². The molecule has 1 heterocycles. The topological polar surface area (TPSA) is 98.3 Å². The first kappa shape index (κ1) is 25.5. The third-order valence-corrected chi connectivity index (χ3v) is 4.90. The number of rotatable bonds is 7. The lowest BCUT2D eigenvalue weighted by Gasteiger charge is -2.23. The van der Waals surface area contributed by atoms with Crippen molar-refractivity contribution >= 4 is 18.0 Å². The number of carbonyl (C=O) groups excluding carboxylic acids is 2. The summed E-state index contributed by atoms with van der Waals surface area (Å²) in [7, 11) is 5.69. The molecule has 1 aromatic rings. The van der Waals surface area contributed by atoms with Gasteiger partial charge in [-0.15, -0.1) is 0 Å². The minimum Gasteiger partial charge on any atom is -0.444 e. The van der Waals surface area contributed by atoms with Crippen molar-refractivity contribution in [3.05, 3.63) is 35.4 Å². The van der Waals surface area contributed by atoms with Gasteiger partial charge in [0.05, 0.1) is 6.04 Å². The van der Waals surface area contributed by atoms with Crippen LogP contribution in [0.1, 0.15) is 43.1 Å². The van der Waals surface area contributed by atoms with Gasteiger partial charge in [0.15, 0.2) is 5.96 Å². The number of likely N-dealkylation sites (tertiary alicyclic amines) is 1. The minimum atomic E-state index is -0.516. The van der Waals surface area contributed by atoms with Crippen LogP contribution in [0.3, 0.4) is 0 Å². The van der Waals surface area contributed by atoms with Crippen LogP contribution in [0.2, 0.25) is 0 Å². The molecule has 178 valence electrons. The summed E-state index contributed by atoms with van der Waals surface area (Å²) in [5.41, 5.74) is 1.12. The second-order valence-corrected chi connectivity index (χ2v) is 9.24. The molecule has 0 saturated carbocycles. The number of alkyl carbamates (subject to hydrolysis) is 1. The fourth-order valence-electron chi connectivity index (χ4n) is 3.38. The maximum Gasteiger partial charge on any atom is 0.407 e. The first-order chi connectivity index (χ1) is 15.1. The Labute approximate surface area is 191 Å². The molecule has 9 nitrogen and oxygen atoms in total. The number of likely N-dealkylation sites (N-methyl/N-ethyl adjacent to an activating group) is 1. The van der Waals surface area contributed by atoms with Gasteiger partial charge in [0.25, 0.3) is 5.91 Å². The molecule has 1 atom stereocenters. The fourth-order valence-corrected chi connectivity index (χ4v) is 3.38. The highest BCUT2D eigenvalue weighted by Crippen LogP contribution is 2.12. The van der Waals surface area contributed by atoms with E-state index in [9.17, 15) is 9.59 Å².